The minimum absolute atomic E-state index is 0.0148. The molecule has 1 fully saturated rings. The lowest BCUT2D eigenvalue weighted by Gasteiger charge is -2.16. The van der Waals surface area contributed by atoms with Crippen molar-refractivity contribution in [3.8, 4) is 34.1 Å². The Kier molecular flexibility index (Phi) is 6.06. The van der Waals surface area contributed by atoms with Crippen molar-refractivity contribution in [2.24, 2.45) is 0 Å². The van der Waals surface area contributed by atoms with E-state index in [9.17, 15) is 15.0 Å². The maximum atomic E-state index is 12.3. The van der Waals surface area contributed by atoms with Gasteiger partial charge in [-0.05, 0) is 97.5 Å². The number of benzene rings is 4. The summed E-state index contributed by atoms with van der Waals surface area (Å²) in [4.78, 5) is 14.5. The first kappa shape index (κ1) is 21.8. The van der Waals surface area contributed by atoms with Crippen molar-refractivity contribution in [3.05, 3.63) is 78.9 Å². The largest absolute Gasteiger partial charge is 0.508 e. The number of nitrogens with zero attached hydrogens (tertiary/aromatic N) is 1. The van der Waals surface area contributed by atoms with Gasteiger partial charge in [-0.3, -0.25) is 9.69 Å². The Hall–Kier alpha value is -4.03. The third-order valence-electron chi connectivity index (χ3n) is 6.06. The van der Waals surface area contributed by atoms with E-state index in [1.807, 2.05) is 54.6 Å². The van der Waals surface area contributed by atoms with Crippen LogP contribution in [-0.2, 0) is 4.79 Å². The van der Waals surface area contributed by atoms with Crippen LogP contribution in [0.1, 0.15) is 12.8 Å². The Balaban J connectivity index is 1.41. The summed E-state index contributed by atoms with van der Waals surface area (Å²) in [5, 5.41) is 24.3. The molecule has 0 spiro atoms. The second-order valence-corrected chi connectivity index (χ2v) is 8.55. The van der Waals surface area contributed by atoms with E-state index in [-0.39, 0.29) is 17.4 Å². The van der Waals surface area contributed by atoms with Gasteiger partial charge in [0, 0.05) is 16.6 Å². The molecule has 6 nitrogen and oxygen atoms in total. The predicted molar refractivity (Wildman–Crippen MR) is 134 cm³/mol. The predicted octanol–water partition coefficient (Wildman–Crippen LogP) is 5.74. The zero-order valence-electron chi connectivity index (χ0n) is 18.7. The maximum Gasteiger partial charge on any atom is 0.238 e. The first-order chi connectivity index (χ1) is 16.5. The molecule has 1 heterocycles. The zero-order valence-corrected chi connectivity index (χ0v) is 18.7. The highest BCUT2D eigenvalue weighted by Gasteiger charge is 2.16. The Morgan fingerprint density at radius 3 is 2.29 bits per heavy atom. The minimum atomic E-state index is -0.0148. The van der Waals surface area contributed by atoms with Crippen LogP contribution in [0.15, 0.2) is 78.9 Å². The van der Waals surface area contributed by atoms with Crippen molar-refractivity contribution in [2.45, 2.75) is 12.8 Å². The quantitative estimate of drug-likeness (QED) is 0.346. The molecule has 0 aromatic heterocycles. The van der Waals surface area contributed by atoms with Crippen LogP contribution >= 0.6 is 0 Å². The Morgan fingerprint density at radius 1 is 0.853 bits per heavy atom. The van der Waals surface area contributed by atoms with Crippen LogP contribution in [-0.4, -0.2) is 40.7 Å². The molecule has 1 aliphatic rings. The number of hydrogen-bond acceptors (Lipinski definition) is 5. The number of rotatable bonds is 6. The van der Waals surface area contributed by atoms with Crippen molar-refractivity contribution in [1.82, 2.24) is 4.90 Å². The third kappa shape index (κ3) is 4.82. The summed E-state index contributed by atoms with van der Waals surface area (Å²) in [6.07, 6.45) is 2.30. The summed E-state index contributed by atoms with van der Waals surface area (Å²) >= 11 is 0. The summed E-state index contributed by atoms with van der Waals surface area (Å²) in [7, 11) is 0. The molecule has 1 saturated heterocycles. The van der Waals surface area contributed by atoms with Gasteiger partial charge in [-0.15, -0.1) is 0 Å². The Morgan fingerprint density at radius 2 is 1.56 bits per heavy atom. The molecule has 4 aromatic carbocycles. The molecular weight excluding hydrogens is 428 g/mol. The smallest absolute Gasteiger partial charge is 0.238 e. The van der Waals surface area contributed by atoms with Gasteiger partial charge in [0.05, 0.1) is 6.54 Å². The zero-order chi connectivity index (χ0) is 23.5. The molecule has 3 N–H and O–H groups in total. The summed E-state index contributed by atoms with van der Waals surface area (Å²) in [6.45, 7) is 2.37. The van der Waals surface area contributed by atoms with E-state index >= 15 is 0 Å². The number of fused-ring (bicyclic) bond motifs is 1. The number of amides is 1. The van der Waals surface area contributed by atoms with Gasteiger partial charge in [-0.25, -0.2) is 0 Å². The summed E-state index contributed by atoms with van der Waals surface area (Å²) in [6, 6.07) is 23.3. The molecule has 0 aliphatic carbocycles. The Bertz CT molecular complexity index is 1310. The first-order valence-corrected chi connectivity index (χ1v) is 11.4. The molecule has 0 unspecified atom stereocenters. The number of phenols is 2. The molecule has 4 aromatic rings. The number of carbonyl (C=O) groups excluding carboxylic acids is 1. The van der Waals surface area contributed by atoms with Crippen molar-refractivity contribution >= 4 is 22.4 Å². The first-order valence-electron chi connectivity index (χ1n) is 11.4. The Labute approximate surface area is 198 Å². The fourth-order valence-electron chi connectivity index (χ4n) is 4.34. The number of ether oxygens (including phenoxy) is 1. The van der Waals surface area contributed by atoms with Crippen LogP contribution in [0.4, 0.5) is 5.69 Å². The molecule has 172 valence electrons. The topological polar surface area (TPSA) is 82.0 Å². The molecular formula is C28H26N2O4. The van der Waals surface area contributed by atoms with Gasteiger partial charge in [-0.1, -0.05) is 18.2 Å². The fourth-order valence-corrected chi connectivity index (χ4v) is 4.34. The molecule has 5 rings (SSSR count). The molecule has 0 saturated carbocycles. The highest BCUT2D eigenvalue weighted by molar-refractivity contribution is 5.96. The lowest BCUT2D eigenvalue weighted by atomic mass is 9.99. The molecule has 6 heteroatoms. The van der Waals surface area contributed by atoms with Crippen molar-refractivity contribution < 1.29 is 19.7 Å². The fraction of sp³-hybridized carbons (Fsp3) is 0.179. The van der Waals surface area contributed by atoms with E-state index in [1.54, 1.807) is 24.3 Å². The standard InChI is InChI=1S/C28H26N2O4/c31-22-8-3-19(4-9-22)25-13-5-20-17-23(32)10-14-26(20)28(25)34-24-11-6-21(7-12-24)29-27(33)18-30-15-1-2-16-30/h3-14,17,31-32H,1-2,15-16,18H2,(H,29,33). The second kappa shape index (κ2) is 9.45. The molecule has 0 bridgehead atoms. The maximum absolute atomic E-state index is 12.3. The SMILES string of the molecule is O=C(CN1CCCC1)Nc1ccc(Oc2c(-c3ccc(O)cc3)ccc3cc(O)ccc23)cc1. The van der Waals surface area contributed by atoms with Gasteiger partial charge in [0.25, 0.3) is 0 Å². The monoisotopic (exact) mass is 454 g/mol. The van der Waals surface area contributed by atoms with Crippen LogP contribution in [0.3, 0.4) is 0 Å². The average molecular weight is 455 g/mol. The van der Waals surface area contributed by atoms with E-state index in [2.05, 4.69) is 10.2 Å². The molecule has 1 aliphatic heterocycles. The van der Waals surface area contributed by atoms with Gasteiger partial charge in [-0.2, -0.15) is 0 Å². The van der Waals surface area contributed by atoms with Gasteiger partial charge in [0.15, 0.2) is 0 Å². The third-order valence-corrected chi connectivity index (χ3v) is 6.06. The second-order valence-electron chi connectivity index (χ2n) is 8.55. The van der Waals surface area contributed by atoms with E-state index in [0.29, 0.717) is 18.0 Å². The number of carbonyl (C=O) groups is 1. The van der Waals surface area contributed by atoms with Crippen LogP contribution in [0.2, 0.25) is 0 Å². The molecule has 0 atom stereocenters. The van der Waals surface area contributed by atoms with E-state index < -0.39 is 0 Å². The molecule has 0 radical (unpaired) electrons. The highest BCUT2D eigenvalue weighted by Crippen LogP contribution is 2.41. The lowest BCUT2D eigenvalue weighted by Crippen LogP contribution is -2.30. The number of phenolic OH excluding ortho intramolecular Hbond substituents is 2. The van der Waals surface area contributed by atoms with E-state index in [4.69, 9.17) is 4.74 Å². The van der Waals surface area contributed by atoms with Gasteiger partial charge >= 0.3 is 0 Å². The van der Waals surface area contributed by atoms with E-state index in [1.165, 1.54) is 0 Å². The average Bonchev–Trinajstić information content (AvgIpc) is 3.34. The normalized spacial score (nSPS) is 13.8. The van der Waals surface area contributed by atoms with E-state index in [0.717, 1.165) is 53.5 Å². The summed E-state index contributed by atoms with van der Waals surface area (Å²) < 4.78 is 6.35. The number of aromatic hydroxyl groups is 2. The van der Waals surface area contributed by atoms with Crippen LogP contribution in [0, 0.1) is 0 Å². The summed E-state index contributed by atoms with van der Waals surface area (Å²) in [5.74, 6) is 1.63. The van der Waals surface area contributed by atoms with Crippen LogP contribution < -0.4 is 10.1 Å². The van der Waals surface area contributed by atoms with Crippen molar-refractivity contribution in [2.75, 3.05) is 25.0 Å². The number of likely N-dealkylation sites (tertiary alicyclic amines) is 1. The number of anilines is 1. The number of nitrogens with one attached hydrogen (secondary N) is 1. The van der Waals surface area contributed by atoms with Crippen LogP contribution in [0.5, 0.6) is 23.0 Å². The lowest BCUT2D eigenvalue weighted by molar-refractivity contribution is -0.117. The molecule has 34 heavy (non-hydrogen) atoms. The van der Waals surface area contributed by atoms with Gasteiger partial charge < -0.3 is 20.3 Å². The van der Waals surface area contributed by atoms with Crippen molar-refractivity contribution in [1.29, 1.82) is 0 Å². The van der Waals surface area contributed by atoms with Crippen molar-refractivity contribution in [3.63, 3.8) is 0 Å². The molecule has 1 amide bonds. The number of hydrogen-bond donors (Lipinski definition) is 3. The van der Waals surface area contributed by atoms with Gasteiger partial charge in [0.2, 0.25) is 5.91 Å². The highest BCUT2D eigenvalue weighted by atomic mass is 16.5. The van der Waals surface area contributed by atoms with Gasteiger partial charge in [0.1, 0.15) is 23.0 Å². The summed E-state index contributed by atoms with van der Waals surface area (Å²) in [5.41, 5.74) is 2.48. The van der Waals surface area contributed by atoms with Crippen LogP contribution in [0.25, 0.3) is 21.9 Å². The minimum Gasteiger partial charge on any atom is -0.508 e.